The van der Waals surface area contributed by atoms with Crippen molar-refractivity contribution in [2.45, 2.75) is 26.5 Å². The molecule has 0 unspecified atom stereocenters. The van der Waals surface area contributed by atoms with Gasteiger partial charge >= 0.3 is 0 Å². The van der Waals surface area contributed by atoms with Gasteiger partial charge in [0, 0.05) is 46.4 Å². The normalized spacial score (nSPS) is 11.0. The van der Waals surface area contributed by atoms with Crippen LogP contribution in [0.5, 0.6) is 0 Å². The molecule has 0 spiro atoms. The second kappa shape index (κ2) is 16.4. The highest BCUT2D eigenvalue weighted by Gasteiger charge is 2.08. The number of hydrogen-bond acceptors (Lipinski definition) is 4. The van der Waals surface area contributed by atoms with Gasteiger partial charge in [-0.05, 0) is 42.2 Å². The Morgan fingerprint density at radius 3 is 2.39 bits per heavy atom. The Hall–Kier alpha value is -2.17. The Bertz CT molecular complexity index is 874. The van der Waals surface area contributed by atoms with Gasteiger partial charge in [0.15, 0.2) is 5.96 Å². The van der Waals surface area contributed by atoms with Gasteiger partial charge in [0.25, 0.3) is 5.91 Å². The van der Waals surface area contributed by atoms with E-state index in [0.717, 1.165) is 29.1 Å². The van der Waals surface area contributed by atoms with Crippen LogP contribution in [0.4, 0.5) is 0 Å². The molecule has 0 aliphatic heterocycles. The summed E-state index contributed by atoms with van der Waals surface area (Å²) in [4.78, 5) is 18.0. The Balaban J connectivity index is 0.00000544. The van der Waals surface area contributed by atoms with Crippen molar-refractivity contribution in [2.75, 3.05) is 47.5 Å². The maximum atomic E-state index is 12.1. The topological polar surface area (TPSA) is 75.2 Å². The third kappa shape index (κ3) is 11.0. The highest BCUT2D eigenvalue weighted by molar-refractivity contribution is 14.0. The molecule has 33 heavy (non-hydrogen) atoms. The average molecular weight is 569 g/mol. The molecular weight excluding hydrogens is 531 g/mol. The Kier molecular flexibility index (Phi) is 14.4. The Morgan fingerprint density at radius 1 is 0.970 bits per heavy atom. The van der Waals surface area contributed by atoms with Crippen molar-refractivity contribution >= 4 is 35.8 Å². The molecule has 8 heteroatoms. The van der Waals surface area contributed by atoms with E-state index in [2.05, 4.69) is 33.8 Å². The molecule has 0 atom stereocenters. The third-order valence-electron chi connectivity index (χ3n) is 4.81. The molecule has 2 rings (SSSR count). The van der Waals surface area contributed by atoms with Crippen molar-refractivity contribution in [1.29, 1.82) is 0 Å². The maximum Gasteiger partial charge on any atom is 0.253 e. The Morgan fingerprint density at radius 2 is 1.67 bits per heavy atom. The van der Waals surface area contributed by atoms with Crippen molar-refractivity contribution in [1.82, 2.24) is 15.5 Å². The van der Waals surface area contributed by atoms with Gasteiger partial charge in [-0.2, -0.15) is 0 Å². The van der Waals surface area contributed by atoms with Gasteiger partial charge in [-0.25, -0.2) is 0 Å². The number of nitrogens with zero attached hydrogens (tertiary/aromatic N) is 2. The van der Waals surface area contributed by atoms with Crippen LogP contribution in [0.25, 0.3) is 0 Å². The van der Waals surface area contributed by atoms with Crippen LogP contribution in [0.15, 0.2) is 53.5 Å². The number of ether oxygens (including phenoxy) is 2. The second-order valence-electron chi connectivity index (χ2n) is 7.57. The summed E-state index contributed by atoms with van der Waals surface area (Å²) in [6.45, 7) is 5.86. The number of benzene rings is 2. The molecule has 2 aromatic carbocycles. The lowest BCUT2D eigenvalue weighted by Crippen LogP contribution is -2.37. The molecule has 0 fully saturated rings. The van der Waals surface area contributed by atoms with Gasteiger partial charge in [0.2, 0.25) is 0 Å². The van der Waals surface area contributed by atoms with Crippen LogP contribution in [-0.2, 0) is 29.0 Å². The third-order valence-corrected chi connectivity index (χ3v) is 4.81. The van der Waals surface area contributed by atoms with Gasteiger partial charge < -0.3 is 25.0 Å². The minimum absolute atomic E-state index is 0. The Labute approximate surface area is 215 Å². The highest BCUT2D eigenvalue weighted by atomic mass is 127. The lowest BCUT2D eigenvalue weighted by Gasteiger charge is -2.14. The summed E-state index contributed by atoms with van der Waals surface area (Å²) in [6, 6.07) is 16.1. The number of amides is 1. The first-order valence-electron chi connectivity index (χ1n) is 11.0. The molecule has 0 bridgehead atoms. The zero-order valence-electron chi connectivity index (χ0n) is 20.1. The van der Waals surface area contributed by atoms with Crippen LogP contribution >= 0.6 is 24.0 Å². The largest absolute Gasteiger partial charge is 0.379 e. The highest BCUT2D eigenvalue weighted by Crippen LogP contribution is 2.08. The first-order chi connectivity index (χ1) is 15.5. The number of guanidine groups is 1. The van der Waals surface area contributed by atoms with Crippen LogP contribution in [0, 0.1) is 0 Å². The van der Waals surface area contributed by atoms with Crippen LogP contribution in [0.3, 0.4) is 0 Å². The van der Waals surface area contributed by atoms with E-state index in [1.807, 2.05) is 37.3 Å². The minimum Gasteiger partial charge on any atom is -0.379 e. The number of carbonyl (C=O) groups excluding carboxylic acids is 1. The molecule has 0 saturated carbocycles. The quantitative estimate of drug-likeness (QED) is 0.178. The van der Waals surface area contributed by atoms with Gasteiger partial charge in [0.1, 0.15) is 0 Å². The van der Waals surface area contributed by atoms with Crippen molar-refractivity contribution in [3.05, 3.63) is 70.8 Å². The van der Waals surface area contributed by atoms with Crippen molar-refractivity contribution < 1.29 is 14.3 Å². The van der Waals surface area contributed by atoms with E-state index in [0.29, 0.717) is 45.1 Å². The predicted molar refractivity (Wildman–Crippen MR) is 144 cm³/mol. The average Bonchev–Trinajstić information content (AvgIpc) is 2.81. The summed E-state index contributed by atoms with van der Waals surface area (Å²) in [5.74, 6) is 0.753. The monoisotopic (exact) mass is 568 g/mol. The maximum absolute atomic E-state index is 12.1. The number of carbonyl (C=O) groups is 1. The van der Waals surface area contributed by atoms with E-state index >= 15 is 0 Å². The zero-order valence-corrected chi connectivity index (χ0v) is 22.4. The molecule has 0 heterocycles. The van der Waals surface area contributed by atoms with Gasteiger partial charge in [-0.1, -0.05) is 36.4 Å². The fourth-order valence-electron chi connectivity index (χ4n) is 3.13. The molecule has 0 aliphatic rings. The zero-order chi connectivity index (χ0) is 23.2. The molecule has 2 aromatic rings. The van der Waals surface area contributed by atoms with Crippen molar-refractivity contribution in [2.24, 2.45) is 4.99 Å². The van der Waals surface area contributed by atoms with Crippen molar-refractivity contribution in [3.63, 3.8) is 0 Å². The van der Waals surface area contributed by atoms with E-state index in [4.69, 9.17) is 9.47 Å². The van der Waals surface area contributed by atoms with Crippen LogP contribution in [0.2, 0.25) is 0 Å². The molecule has 182 valence electrons. The standard InChI is InChI=1S/C25H36N4O3.HI/c1-5-31-14-15-32-19-22-10-6-9-21(16-22)18-28-25(26-2)27-13-12-20-8-7-11-23(17-20)24(30)29(3)4;/h6-11,16-17H,5,12-15,18-19H2,1-4H3,(H2,26,27,28);1H. The van der Waals surface area contributed by atoms with Gasteiger partial charge in [-0.3, -0.25) is 9.79 Å². The van der Waals surface area contributed by atoms with E-state index in [9.17, 15) is 4.79 Å². The summed E-state index contributed by atoms with van der Waals surface area (Å²) in [5, 5.41) is 6.68. The van der Waals surface area contributed by atoms with E-state index in [-0.39, 0.29) is 29.9 Å². The van der Waals surface area contributed by atoms with E-state index < -0.39 is 0 Å². The molecule has 7 nitrogen and oxygen atoms in total. The molecule has 0 aliphatic carbocycles. The minimum atomic E-state index is 0. The summed E-state index contributed by atoms with van der Waals surface area (Å²) in [6.07, 6.45) is 0.795. The lowest BCUT2D eigenvalue weighted by atomic mass is 10.1. The number of rotatable bonds is 12. The lowest BCUT2D eigenvalue weighted by molar-refractivity contribution is 0.0453. The summed E-state index contributed by atoms with van der Waals surface area (Å²) in [5.41, 5.74) is 4.11. The number of halogens is 1. The molecule has 1 amide bonds. The summed E-state index contributed by atoms with van der Waals surface area (Å²) >= 11 is 0. The van der Waals surface area contributed by atoms with Crippen LogP contribution in [-0.4, -0.2) is 64.3 Å². The fourth-order valence-corrected chi connectivity index (χ4v) is 3.13. The number of hydrogen-bond donors (Lipinski definition) is 2. The van der Waals surface area contributed by atoms with Crippen molar-refractivity contribution in [3.8, 4) is 0 Å². The van der Waals surface area contributed by atoms with Crippen LogP contribution in [0.1, 0.15) is 34.0 Å². The van der Waals surface area contributed by atoms with E-state index in [1.54, 1.807) is 26.0 Å². The smallest absolute Gasteiger partial charge is 0.253 e. The van der Waals surface area contributed by atoms with Gasteiger partial charge in [-0.15, -0.1) is 24.0 Å². The van der Waals surface area contributed by atoms with E-state index in [1.165, 1.54) is 0 Å². The molecule has 0 aromatic heterocycles. The molecule has 0 saturated heterocycles. The van der Waals surface area contributed by atoms with Crippen LogP contribution < -0.4 is 10.6 Å². The molecular formula is C25H37IN4O3. The first kappa shape index (κ1) is 28.9. The summed E-state index contributed by atoms with van der Waals surface area (Å²) < 4.78 is 10.9. The second-order valence-corrected chi connectivity index (χ2v) is 7.57. The number of aliphatic imine (C=N–C) groups is 1. The molecule has 2 N–H and O–H groups in total. The predicted octanol–water partition coefficient (Wildman–Crippen LogP) is 3.47. The molecule has 0 radical (unpaired) electrons. The summed E-state index contributed by atoms with van der Waals surface area (Å²) in [7, 11) is 5.28. The first-order valence-corrected chi connectivity index (χ1v) is 11.0. The van der Waals surface area contributed by atoms with Gasteiger partial charge in [0.05, 0.1) is 19.8 Å². The number of nitrogens with one attached hydrogen (secondary N) is 2. The fraction of sp³-hybridized carbons (Fsp3) is 0.440. The SMILES string of the molecule is CCOCCOCc1cccc(CNC(=NC)NCCc2cccc(C(=O)N(C)C)c2)c1.I.